The van der Waals surface area contributed by atoms with Crippen LogP contribution >= 0.6 is 0 Å². The summed E-state index contributed by atoms with van der Waals surface area (Å²) >= 11 is 0. The number of carbonyl (C=O) groups excluding carboxylic acids is 3. The van der Waals surface area contributed by atoms with E-state index < -0.39 is 48.4 Å². The second-order valence-electron chi connectivity index (χ2n) is 9.84. The van der Waals surface area contributed by atoms with Crippen LogP contribution in [0.4, 0.5) is 9.59 Å². The van der Waals surface area contributed by atoms with E-state index in [2.05, 4.69) is 20.9 Å². The average molecular weight is 599 g/mol. The summed E-state index contributed by atoms with van der Waals surface area (Å²) in [5.74, 6) is -1.93. The largest absolute Gasteiger partial charge is 0.480 e. The van der Waals surface area contributed by atoms with Crippen molar-refractivity contribution >= 4 is 30.0 Å². The molecule has 8 N–H and O–H groups in total. The summed E-state index contributed by atoms with van der Waals surface area (Å²) in [6.45, 7) is 0.00483. The highest BCUT2D eigenvalue weighted by Crippen LogP contribution is 2.25. The van der Waals surface area contributed by atoms with Gasteiger partial charge in [0.15, 0.2) is 5.96 Å². The van der Waals surface area contributed by atoms with Crippen molar-refractivity contribution in [3.05, 3.63) is 71.8 Å². The van der Waals surface area contributed by atoms with Crippen molar-refractivity contribution in [1.29, 1.82) is 0 Å². The van der Waals surface area contributed by atoms with E-state index >= 15 is 0 Å². The molecule has 232 valence electrons. The Morgan fingerprint density at radius 2 is 1.49 bits per heavy atom. The van der Waals surface area contributed by atoms with Crippen LogP contribution in [0.25, 0.3) is 0 Å². The Bertz CT molecular complexity index is 1230. The summed E-state index contributed by atoms with van der Waals surface area (Å²) in [5, 5.41) is 17.1. The van der Waals surface area contributed by atoms with Crippen LogP contribution in [0, 0.1) is 0 Å². The number of hydrogen-bond acceptors (Lipinski definition) is 8. The highest BCUT2D eigenvalue weighted by Gasteiger charge is 2.36. The van der Waals surface area contributed by atoms with Crippen LogP contribution in [0.15, 0.2) is 65.7 Å². The molecule has 2 aromatic carbocycles. The normalized spacial score (nSPS) is 17.1. The molecule has 1 saturated heterocycles. The predicted octanol–water partition coefficient (Wildman–Crippen LogP) is 1.38. The average Bonchev–Trinajstić information content (AvgIpc) is 3.50. The zero-order valence-corrected chi connectivity index (χ0v) is 23.6. The fourth-order valence-corrected chi connectivity index (χ4v) is 4.36. The zero-order valence-electron chi connectivity index (χ0n) is 23.6. The molecule has 14 heteroatoms. The number of amides is 3. The minimum absolute atomic E-state index is 0.0381. The van der Waals surface area contributed by atoms with Gasteiger partial charge in [-0.15, -0.1) is 0 Å². The summed E-state index contributed by atoms with van der Waals surface area (Å²) in [7, 11) is 0. The molecule has 0 saturated carbocycles. The predicted molar refractivity (Wildman–Crippen MR) is 156 cm³/mol. The molecule has 1 aliphatic rings. The molecule has 4 atom stereocenters. The molecular formula is C29H38N6O8. The van der Waals surface area contributed by atoms with Gasteiger partial charge in [0, 0.05) is 13.1 Å². The second-order valence-corrected chi connectivity index (χ2v) is 9.84. The summed E-state index contributed by atoms with van der Waals surface area (Å²) in [5.41, 5.74) is 12.4. The van der Waals surface area contributed by atoms with Gasteiger partial charge >= 0.3 is 18.2 Å². The molecule has 14 nitrogen and oxygen atoms in total. The SMILES string of the molecule is NC(N)=NCCC[C@H](NC(=O)OCc1ccccc1)[C@H]1CC[C@H](C(=O)NC[C@H](NC(=O)OCc2ccccc2)C(=O)O)O1. The number of benzene rings is 2. The van der Waals surface area contributed by atoms with E-state index in [1.807, 2.05) is 36.4 Å². The summed E-state index contributed by atoms with van der Waals surface area (Å²) < 4.78 is 16.4. The van der Waals surface area contributed by atoms with E-state index in [9.17, 15) is 24.3 Å². The van der Waals surface area contributed by atoms with Gasteiger partial charge in [0.1, 0.15) is 25.4 Å². The molecule has 0 radical (unpaired) electrons. The minimum Gasteiger partial charge on any atom is -0.480 e. The number of carboxylic acids is 1. The highest BCUT2D eigenvalue weighted by molar-refractivity contribution is 5.84. The van der Waals surface area contributed by atoms with E-state index in [0.717, 1.165) is 11.1 Å². The van der Waals surface area contributed by atoms with E-state index in [0.29, 0.717) is 32.2 Å². The van der Waals surface area contributed by atoms with Gasteiger partial charge < -0.3 is 46.7 Å². The lowest BCUT2D eigenvalue weighted by atomic mass is 10.0. The molecule has 3 amide bonds. The van der Waals surface area contributed by atoms with E-state index in [4.69, 9.17) is 25.7 Å². The van der Waals surface area contributed by atoms with Crippen LogP contribution < -0.4 is 27.4 Å². The number of carboxylic acid groups (broad SMARTS) is 1. The number of nitrogens with one attached hydrogen (secondary N) is 3. The fourth-order valence-electron chi connectivity index (χ4n) is 4.36. The van der Waals surface area contributed by atoms with Gasteiger partial charge in [0.2, 0.25) is 5.91 Å². The van der Waals surface area contributed by atoms with Crippen LogP contribution in [-0.4, -0.2) is 72.5 Å². The maximum atomic E-state index is 12.8. The Kier molecular flexibility index (Phi) is 13.1. The Balaban J connectivity index is 1.49. The van der Waals surface area contributed by atoms with E-state index in [-0.39, 0.29) is 25.7 Å². The number of aliphatic carboxylic acids is 1. The van der Waals surface area contributed by atoms with Crippen LogP contribution in [0.1, 0.15) is 36.8 Å². The fraction of sp³-hybridized carbons (Fsp3) is 0.414. The summed E-state index contributed by atoms with van der Waals surface area (Å²) in [6, 6.07) is 16.2. The van der Waals surface area contributed by atoms with Crippen molar-refractivity contribution in [2.75, 3.05) is 13.1 Å². The third kappa shape index (κ3) is 11.9. The number of aliphatic imine (C=N–C) groups is 1. The van der Waals surface area contributed by atoms with Gasteiger partial charge in [0.25, 0.3) is 0 Å². The zero-order chi connectivity index (χ0) is 31.0. The number of nitrogens with two attached hydrogens (primary N) is 2. The third-order valence-corrected chi connectivity index (χ3v) is 6.56. The highest BCUT2D eigenvalue weighted by atomic mass is 16.6. The van der Waals surface area contributed by atoms with Gasteiger partial charge in [-0.05, 0) is 36.8 Å². The lowest BCUT2D eigenvalue weighted by molar-refractivity contribution is -0.139. The van der Waals surface area contributed by atoms with Gasteiger partial charge in [0.05, 0.1) is 12.1 Å². The van der Waals surface area contributed by atoms with E-state index in [1.165, 1.54) is 0 Å². The molecule has 1 aliphatic heterocycles. The Morgan fingerprint density at radius 3 is 2.05 bits per heavy atom. The van der Waals surface area contributed by atoms with Crippen LogP contribution in [0.5, 0.6) is 0 Å². The third-order valence-electron chi connectivity index (χ3n) is 6.56. The van der Waals surface area contributed by atoms with E-state index in [1.54, 1.807) is 24.3 Å². The van der Waals surface area contributed by atoms with Crippen molar-refractivity contribution in [2.24, 2.45) is 16.5 Å². The van der Waals surface area contributed by atoms with Crippen molar-refractivity contribution < 1.29 is 38.5 Å². The van der Waals surface area contributed by atoms with Crippen molar-refractivity contribution in [2.45, 2.75) is 63.2 Å². The first-order chi connectivity index (χ1) is 20.7. The van der Waals surface area contributed by atoms with Gasteiger partial charge in [-0.3, -0.25) is 9.79 Å². The molecule has 43 heavy (non-hydrogen) atoms. The van der Waals surface area contributed by atoms with Crippen LogP contribution in [0.3, 0.4) is 0 Å². The Morgan fingerprint density at radius 1 is 0.907 bits per heavy atom. The number of carbonyl (C=O) groups is 4. The molecule has 0 aliphatic carbocycles. The maximum absolute atomic E-state index is 12.8. The van der Waals surface area contributed by atoms with Crippen molar-refractivity contribution in [3.8, 4) is 0 Å². The number of ether oxygens (including phenoxy) is 3. The quantitative estimate of drug-likeness (QED) is 0.0983. The Hall–Kier alpha value is -4.85. The monoisotopic (exact) mass is 598 g/mol. The lowest BCUT2D eigenvalue weighted by Crippen LogP contribution is -2.50. The smallest absolute Gasteiger partial charge is 0.408 e. The van der Waals surface area contributed by atoms with Gasteiger partial charge in [-0.1, -0.05) is 60.7 Å². The minimum atomic E-state index is -1.42. The number of nitrogens with zero attached hydrogens (tertiary/aromatic N) is 1. The summed E-state index contributed by atoms with van der Waals surface area (Å²) in [4.78, 5) is 53.1. The van der Waals surface area contributed by atoms with Crippen molar-refractivity contribution in [1.82, 2.24) is 16.0 Å². The van der Waals surface area contributed by atoms with Crippen molar-refractivity contribution in [3.63, 3.8) is 0 Å². The maximum Gasteiger partial charge on any atom is 0.408 e. The topological polar surface area (TPSA) is 217 Å². The molecule has 0 unspecified atom stereocenters. The number of alkyl carbamates (subject to hydrolysis) is 2. The first-order valence-corrected chi connectivity index (χ1v) is 13.9. The molecule has 0 bridgehead atoms. The standard InChI is InChI=1S/C29H38N6O8/c30-27(31)32-15-7-12-21(34-28(39)41-17-19-8-3-1-4-9-19)23-13-14-24(43-23)25(36)33-16-22(26(37)38)35-29(40)42-18-20-10-5-2-6-11-20/h1-6,8-11,21-24H,7,12-18H2,(H,33,36)(H,34,39)(H,35,40)(H,37,38)(H4,30,31,32)/t21-,22-,23+,24+/m0/s1. The first-order valence-electron chi connectivity index (χ1n) is 13.9. The van der Waals surface area contributed by atoms with Gasteiger partial charge in [-0.25, -0.2) is 14.4 Å². The molecule has 3 rings (SSSR count). The molecule has 0 spiro atoms. The molecule has 0 aromatic heterocycles. The second kappa shape index (κ2) is 17.2. The van der Waals surface area contributed by atoms with Crippen LogP contribution in [0.2, 0.25) is 0 Å². The molecule has 1 heterocycles. The number of guanidine groups is 1. The lowest BCUT2D eigenvalue weighted by Gasteiger charge is -2.25. The first kappa shape index (κ1) is 32.7. The summed E-state index contributed by atoms with van der Waals surface area (Å²) in [6.07, 6.45) is -1.19. The Labute approximate surface area is 249 Å². The molecular weight excluding hydrogens is 560 g/mol. The molecule has 2 aromatic rings. The number of hydrogen-bond donors (Lipinski definition) is 6. The molecule has 1 fully saturated rings. The number of rotatable bonds is 15. The van der Waals surface area contributed by atoms with Crippen LogP contribution in [-0.2, 0) is 37.0 Å². The van der Waals surface area contributed by atoms with Gasteiger partial charge in [-0.2, -0.15) is 0 Å².